The lowest BCUT2D eigenvalue weighted by Gasteiger charge is -2.16. The number of carbonyl (C=O) groups is 2. The lowest BCUT2D eigenvalue weighted by Crippen LogP contribution is -2.14. The van der Waals surface area contributed by atoms with Crippen molar-refractivity contribution in [2.45, 2.75) is 6.42 Å². The van der Waals surface area contributed by atoms with Gasteiger partial charge in [-0.05, 0) is 59.7 Å². The standard InChI is InChI=1S/C27H25NO6/c1-28(2)20-6-4-5-17(13-20)14-22(26(29)18-7-10-21(32-3)11-8-18)25(27(30)31)19-9-12-23-24(15-19)34-16-33-23/h4-13,15H,14,16H2,1-3H3,(H,30,31). The Hall–Kier alpha value is -4.26. The molecule has 3 aromatic rings. The molecule has 1 aliphatic rings. The fourth-order valence-corrected chi connectivity index (χ4v) is 3.83. The number of ether oxygens (including phenoxy) is 3. The summed E-state index contributed by atoms with van der Waals surface area (Å²) in [6, 6.07) is 19.2. The minimum absolute atomic E-state index is 0.0693. The van der Waals surface area contributed by atoms with E-state index < -0.39 is 5.97 Å². The molecule has 0 aliphatic carbocycles. The van der Waals surface area contributed by atoms with Crippen LogP contribution in [-0.2, 0) is 11.2 Å². The molecule has 1 heterocycles. The summed E-state index contributed by atoms with van der Waals surface area (Å²) in [6.07, 6.45) is 0.141. The average molecular weight is 459 g/mol. The van der Waals surface area contributed by atoms with Crippen molar-refractivity contribution >= 4 is 23.0 Å². The fourth-order valence-electron chi connectivity index (χ4n) is 3.83. The van der Waals surface area contributed by atoms with Crippen LogP contribution in [0.25, 0.3) is 5.57 Å². The van der Waals surface area contributed by atoms with Crippen molar-refractivity contribution in [3.63, 3.8) is 0 Å². The van der Waals surface area contributed by atoms with Crippen molar-refractivity contribution in [3.8, 4) is 17.2 Å². The molecule has 34 heavy (non-hydrogen) atoms. The number of rotatable bonds is 8. The maximum absolute atomic E-state index is 13.7. The number of fused-ring (bicyclic) bond motifs is 1. The molecule has 7 heteroatoms. The van der Waals surface area contributed by atoms with Crippen LogP contribution in [0.1, 0.15) is 21.5 Å². The van der Waals surface area contributed by atoms with E-state index in [0.717, 1.165) is 11.3 Å². The van der Waals surface area contributed by atoms with E-state index in [4.69, 9.17) is 14.2 Å². The molecule has 1 aliphatic heterocycles. The Morgan fingerprint density at radius 2 is 1.65 bits per heavy atom. The van der Waals surface area contributed by atoms with Gasteiger partial charge in [0.15, 0.2) is 17.3 Å². The number of benzene rings is 3. The first kappa shape index (κ1) is 22.9. The third kappa shape index (κ3) is 4.73. The minimum Gasteiger partial charge on any atom is -0.497 e. The van der Waals surface area contributed by atoms with Crippen LogP contribution in [0.15, 0.2) is 72.3 Å². The number of aliphatic carboxylic acids is 1. The quantitative estimate of drug-likeness (QED) is 0.393. The van der Waals surface area contributed by atoms with E-state index in [1.165, 1.54) is 0 Å². The third-order valence-corrected chi connectivity index (χ3v) is 5.61. The zero-order valence-corrected chi connectivity index (χ0v) is 19.2. The van der Waals surface area contributed by atoms with E-state index in [1.54, 1.807) is 49.6 Å². The van der Waals surface area contributed by atoms with E-state index in [0.29, 0.717) is 28.4 Å². The van der Waals surface area contributed by atoms with Gasteiger partial charge in [-0.1, -0.05) is 18.2 Å². The van der Waals surface area contributed by atoms with Crippen molar-refractivity contribution in [1.82, 2.24) is 0 Å². The summed E-state index contributed by atoms with van der Waals surface area (Å²) in [6.45, 7) is 0.0693. The van der Waals surface area contributed by atoms with Crippen LogP contribution < -0.4 is 19.1 Å². The maximum Gasteiger partial charge on any atom is 0.336 e. The molecule has 0 saturated carbocycles. The molecule has 0 saturated heterocycles. The monoisotopic (exact) mass is 459 g/mol. The molecule has 0 unspecified atom stereocenters. The minimum atomic E-state index is -1.19. The Morgan fingerprint density at radius 3 is 2.32 bits per heavy atom. The van der Waals surface area contributed by atoms with Gasteiger partial charge in [0.25, 0.3) is 0 Å². The van der Waals surface area contributed by atoms with Crippen molar-refractivity contribution < 1.29 is 28.9 Å². The lowest BCUT2D eigenvalue weighted by molar-refractivity contribution is -0.130. The number of nitrogens with zero attached hydrogens (tertiary/aromatic N) is 1. The molecule has 174 valence electrons. The number of ketones is 1. The van der Waals surface area contributed by atoms with Crippen LogP contribution in [0.4, 0.5) is 5.69 Å². The number of Topliss-reactive ketones (excluding diaryl/α,β-unsaturated/α-hetero) is 1. The number of methoxy groups -OCH3 is 1. The molecule has 0 spiro atoms. The van der Waals surface area contributed by atoms with E-state index in [2.05, 4.69) is 0 Å². The highest BCUT2D eigenvalue weighted by molar-refractivity contribution is 6.26. The SMILES string of the molecule is COc1ccc(C(=O)C(Cc2cccc(N(C)C)c2)=C(C(=O)O)c2ccc3c(c2)OCO3)cc1. The first-order valence-corrected chi connectivity index (χ1v) is 10.7. The van der Waals surface area contributed by atoms with Crippen LogP contribution in [0.2, 0.25) is 0 Å². The smallest absolute Gasteiger partial charge is 0.336 e. The fraction of sp³-hybridized carbons (Fsp3) is 0.185. The third-order valence-electron chi connectivity index (χ3n) is 5.61. The highest BCUT2D eigenvalue weighted by Crippen LogP contribution is 2.36. The van der Waals surface area contributed by atoms with Crippen molar-refractivity contribution in [2.24, 2.45) is 0 Å². The zero-order chi connectivity index (χ0) is 24.2. The van der Waals surface area contributed by atoms with Gasteiger partial charge in [-0.15, -0.1) is 0 Å². The van der Waals surface area contributed by atoms with Gasteiger partial charge < -0.3 is 24.2 Å². The molecular formula is C27H25NO6. The lowest BCUT2D eigenvalue weighted by atomic mass is 9.89. The number of carboxylic acids is 1. The predicted molar refractivity (Wildman–Crippen MR) is 129 cm³/mol. The highest BCUT2D eigenvalue weighted by Gasteiger charge is 2.26. The molecule has 0 radical (unpaired) electrons. The summed E-state index contributed by atoms with van der Waals surface area (Å²) >= 11 is 0. The number of anilines is 1. The summed E-state index contributed by atoms with van der Waals surface area (Å²) in [5.41, 5.74) is 2.62. The Balaban J connectivity index is 1.86. The van der Waals surface area contributed by atoms with E-state index in [9.17, 15) is 14.7 Å². The zero-order valence-electron chi connectivity index (χ0n) is 19.2. The molecule has 0 atom stereocenters. The number of hydrogen-bond donors (Lipinski definition) is 1. The van der Waals surface area contributed by atoms with Gasteiger partial charge in [0, 0.05) is 37.3 Å². The average Bonchev–Trinajstić information content (AvgIpc) is 3.31. The van der Waals surface area contributed by atoms with Crippen molar-refractivity contribution in [3.05, 3.63) is 89.0 Å². The number of carboxylic acid groups (broad SMARTS) is 1. The molecular weight excluding hydrogens is 434 g/mol. The number of carbonyl (C=O) groups excluding carboxylic acids is 1. The summed E-state index contributed by atoms with van der Waals surface area (Å²) in [7, 11) is 5.39. The Kier molecular flexibility index (Phi) is 6.54. The second kappa shape index (κ2) is 9.70. The van der Waals surface area contributed by atoms with Gasteiger partial charge in [0.1, 0.15) is 5.75 Å². The second-order valence-electron chi connectivity index (χ2n) is 8.03. The first-order valence-electron chi connectivity index (χ1n) is 10.7. The van der Waals surface area contributed by atoms with Crippen molar-refractivity contribution in [1.29, 1.82) is 0 Å². The molecule has 0 amide bonds. The van der Waals surface area contributed by atoms with Crippen LogP contribution in [0.3, 0.4) is 0 Å². The Morgan fingerprint density at radius 1 is 0.941 bits per heavy atom. The van der Waals surface area contributed by atoms with Gasteiger partial charge in [-0.2, -0.15) is 0 Å². The van der Waals surface area contributed by atoms with Crippen LogP contribution in [0.5, 0.6) is 17.2 Å². The summed E-state index contributed by atoms with van der Waals surface area (Å²) in [4.78, 5) is 28.2. The summed E-state index contributed by atoms with van der Waals surface area (Å²) < 4.78 is 16.0. The molecule has 0 bridgehead atoms. The second-order valence-corrected chi connectivity index (χ2v) is 8.03. The number of hydrogen-bond acceptors (Lipinski definition) is 6. The molecule has 3 aromatic carbocycles. The van der Waals surface area contributed by atoms with Crippen molar-refractivity contribution in [2.75, 3.05) is 32.9 Å². The molecule has 4 rings (SSSR count). The van der Waals surface area contributed by atoms with Crippen LogP contribution in [0, 0.1) is 0 Å². The van der Waals surface area contributed by atoms with Crippen LogP contribution in [-0.4, -0.2) is 44.9 Å². The topological polar surface area (TPSA) is 85.3 Å². The molecule has 0 aromatic heterocycles. The molecule has 0 fully saturated rings. The predicted octanol–water partition coefficient (Wildman–Crippen LogP) is 4.45. The number of allylic oxidation sites excluding steroid dienone is 1. The molecule has 7 nitrogen and oxygen atoms in total. The summed E-state index contributed by atoms with van der Waals surface area (Å²) in [5, 5.41) is 10.2. The summed E-state index contributed by atoms with van der Waals surface area (Å²) in [5.74, 6) is 0.0276. The van der Waals surface area contributed by atoms with Gasteiger partial charge in [0.2, 0.25) is 6.79 Å². The maximum atomic E-state index is 13.7. The van der Waals surface area contributed by atoms with Gasteiger partial charge >= 0.3 is 5.97 Å². The van der Waals surface area contributed by atoms with Gasteiger partial charge in [-0.3, -0.25) is 4.79 Å². The highest BCUT2D eigenvalue weighted by atomic mass is 16.7. The van der Waals surface area contributed by atoms with E-state index >= 15 is 0 Å². The van der Waals surface area contributed by atoms with E-state index in [1.807, 2.05) is 43.3 Å². The van der Waals surface area contributed by atoms with Gasteiger partial charge in [-0.25, -0.2) is 4.79 Å². The first-order chi connectivity index (χ1) is 16.4. The normalized spacial score (nSPS) is 12.7. The van der Waals surface area contributed by atoms with Crippen LogP contribution >= 0.6 is 0 Å². The van der Waals surface area contributed by atoms with Gasteiger partial charge in [0.05, 0.1) is 12.7 Å². The molecule has 1 N–H and O–H groups in total. The Bertz CT molecular complexity index is 1260. The van der Waals surface area contributed by atoms with E-state index in [-0.39, 0.29) is 30.1 Å². The largest absolute Gasteiger partial charge is 0.497 e. The Labute approximate surface area is 197 Å².